The first-order chi connectivity index (χ1) is 12.9. The van der Waals surface area contributed by atoms with E-state index >= 15 is 0 Å². The van der Waals surface area contributed by atoms with Crippen molar-refractivity contribution in [1.82, 2.24) is 0 Å². The maximum atomic E-state index is 11.0. The SMILES string of the molecule is CC(C)(CCC(O)CCCC(O)CCC(C)(C)COP(N)(=O)O)COP(N)(=O)O. The molecule has 4 atom stereocenters. The summed E-state index contributed by atoms with van der Waals surface area (Å²) >= 11 is 0. The van der Waals surface area contributed by atoms with Gasteiger partial charge in [0, 0.05) is 0 Å². The van der Waals surface area contributed by atoms with E-state index in [1.165, 1.54) is 0 Å². The van der Waals surface area contributed by atoms with Crippen molar-refractivity contribution in [3.63, 3.8) is 0 Å². The van der Waals surface area contributed by atoms with Crippen molar-refractivity contribution in [2.45, 2.75) is 84.8 Å². The molecule has 0 aromatic carbocycles. The number of hydrogen-bond acceptors (Lipinski definition) is 6. The highest BCUT2D eigenvalue weighted by Crippen LogP contribution is 2.37. The molecular weight excluding hydrogens is 422 g/mol. The zero-order valence-corrected chi connectivity index (χ0v) is 19.8. The second-order valence-electron chi connectivity index (χ2n) is 9.32. The van der Waals surface area contributed by atoms with Gasteiger partial charge in [-0.3, -0.25) is 9.05 Å². The number of rotatable bonds is 16. The maximum Gasteiger partial charge on any atom is 0.400 e. The van der Waals surface area contributed by atoms with Crippen LogP contribution in [0.2, 0.25) is 0 Å². The third kappa shape index (κ3) is 18.6. The number of aliphatic hydroxyl groups excluding tert-OH is 2. The standard InChI is InChI=1S/C17H40N2O8P2/c1-16(2,12-26-28(18,22)23)10-8-14(20)6-5-7-15(21)9-11-17(3,4)13-27-29(19,24)25/h14-15,20-21H,5-13H2,1-4H3,(H3,18,22,23)(H3,19,24,25). The van der Waals surface area contributed by atoms with Gasteiger partial charge in [0.05, 0.1) is 25.4 Å². The van der Waals surface area contributed by atoms with Gasteiger partial charge < -0.3 is 20.0 Å². The van der Waals surface area contributed by atoms with Crippen LogP contribution in [0.15, 0.2) is 0 Å². The van der Waals surface area contributed by atoms with E-state index in [0.29, 0.717) is 44.9 Å². The zero-order valence-electron chi connectivity index (χ0n) is 18.0. The molecule has 0 radical (unpaired) electrons. The van der Waals surface area contributed by atoms with E-state index in [2.05, 4.69) is 0 Å². The van der Waals surface area contributed by atoms with Crippen LogP contribution in [-0.2, 0) is 18.2 Å². The molecule has 176 valence electrons. The highest BCUT2D eigenvalue weighted by atomic mass is 31.2. The van der Waals surface area contributed by atoms with Crippen LogP contribution in [0.5, 0.6) is 0 Å². The highest BCUT2D eigenvalue weighted by molar-refractivity contribution is 7.50. The van der Waals surface area contributed by atoms with Crippen molar-refractivity contribution in [2.75, 3.05) is 13.2 Å². The van der Waals surface area contributed by atoms with Crippen LogP contribution < -0.4 is 11.0 Å². The Kier molecular flexibility index (Phi) is 12.3. The molecule has 4 unspecified atom stereocenters. The van der Waals surface area contributed by atoms with Crippen LogP contribution in [0.4, 0.5) is 0 Å². The van der Waals surface area contributed by atoms with Crippen LogP contribution in [0.1, 0.15) is 72.6 Å². The molecule has 29 heavy (non-hydrogen) atoms. The molecule has 0 bridgehead atoms. The van der Waals surface area contributed by atoms with Gasteiger partial charge in [-0.15, -0.1) is 0 Å². The fourth-order valence-corrected chi connectivity index (χ4v) is 3.74. The molecule has 0 aliphatic carbocycles. The Balaban J connectivity index is 4.04. The van der Waals surface area contributed by atoms with E-state index in [0.717, 1.165) is 0 Å². The number of aliphatic hydroxyl groups is 2. The minimum absolute atomic E-state index is 0.0259. The molecular formula is C17H40N2O8P2. The highest BCUT2D eigenvalue weighted by Gasteiger charge is 2.25. The van der Waals surface area contributed by atoms with Gasteiger partial charge in [-0.2, -0.15) is 0 Å². The topological polar surface area (TPSA) is 186 Å². The molecule has 0 aromatic rings. The summed E-state index contributed by atoms with van der Waals surface area (Å²) < 4.78 is 31.5. The second-order valence-corrected chi connectivity index (χ2v) is 12.1. The Hall–Kier alpha value is 0.140. The third-order valence-corrected chi connectivity index (χ3v) is 5.66. The van der Waals surface area contributed by atoms with Gasteiger partial charge in [0.15, 0.2) is 0 Å². The predicted molar refractivity (Wildman–Crippen MR) is 112 cm³/mol. The lowest BCUT2D eigenvalue weighted by atomic mass is 9.86. The average Bonchev–Trinajstić information content (AvgIpc) is 2.54. The normalized spacial score (nSPS) is 19.4. The average molecular weight is 462 g/mol. The van der Waals surface area contributed by atoms with Gasteiger partial charge in [0.25, 0.3) is 0 Å². The Morgan fingerprint density at radius 3 is 1.34 bits per heavy atom. The third-order valence-electron chi connectivity index (χ3n) is 4.66. The minimum Gasteiger partial charge on any atom is -0.393 e. The summed E-state index contributed by atoms with van der Waals surface area (Å²) in [5.74, 6) is 0. The van der Waals surface area contributed by atoms with Gasteiger partial charge in [-0.1, -0.05) is 27.7 Å². The van der Waals surface area contributed by atoms with Gasteiger partial charge >= 0.3 is 15.5 Å². The van der Waals surface area contributed by atoms with E-state index in [-0.39, 0.29) is 13.2 Å². The van der Waals surface area contributed by atoms with Gasteiger partial charge in [-0.25, -0.2) is 20.1 Å². The Morgan fingerprint density at radius 1 is 0.759 bits per heavy atom. The zero-order chi connectivity index (χ0) is 22.9. The summed E-state index contributed by atoms with van der Waals surface area (Å²) in [6.45, 7) is 7.52. The van der Waals surface area contributed by atoms with Crippen LogP contribution >= 0.6 is 15.5 Å². The summed E-state index contributed by atoms with van der Waals surface area (Å²) in [4.78, 5) is 18.0. The van der Waals surface area contributed by atoms with Crippen molar-refractivity contribution in [2.24, 2.45) is 21.8 Å². The van der Waals surface area contributed by atoms with E-state index in [1.54, 1.807) is 0 Å². The first-order valence-electron chi connectivity index (χ1n) is 9.79. The predicted octanol–water partition coefficient (Wildman–Crippen LogP) is 2.64. The van der Waals surface area contributed by atoms with Crippen molar-refractivity contribution in [1.29, 1.82) is 0 Å². The maximum absolute atomic E-state index is 11.0. The molecule has 0 heterocycles. The van der Waals surface area contributed by atoms with Crippen molar-refractivity contribution >= 4 is 15.5 Å². The minimum atomic E-state index is -4.00. The molecule has 8 N–H and O–H groups in total. The monoisotopic (exact) mass is 462 g/mol. The Morgan fingerprint density at radius 2 is 1.07 bits per heavy atom. The summed E-state index contributed by atoms with van der Waals surface area (Å²) in [5.41, 5.74) is 9.13. The first-order valence-corrected chi connectivity index (χ1v) is 13.1. The van der Waals surface area contributed by atoms with E-state index < -0.39 is 38.5 Å². The first kappa shape index (κ1) is 29.1. The lowest BCUT2D eigenvalue weighted by Gasteiger charge is -2.26. The lowest BCUT2D eigenvalue weighted by molar-refractivity contribution is 0.0891. The van der Waals surface area contributed by atoms with E-state index in [4.69, 9.17) is 29.8 Å². The van der Waals surface area contributed by atoms with Crippen molar-refractivity contribution < 1.29 is 38.2 Å². The largest absolute Gasteiger partial charge is 0.400 e. The smallest absolute Gasteiger partial charge is 0.393 e. The molecule has 0 aliphatic rings. The molecule has 0 aliphatic heterocycles. The van der Waals surface area contributed by atoms with E-state index in [1.807, 2.05) is 27.7 Å². The fraction of sp³-hybridized carbons (Fsp3) is 1.00. The van der Waals surface area contributed by atoms with Crippen molar-refractivity contribution in [3.05, 3.63) is 0 Å². The second kappa shape index (κ2) is 12.2. The fourth-order valence-electron chi connectivity index (χ4n) is 2.67. The summed E-state index contributed by atoms with van der Waals surface area (Å²) in [5, 5.41) is 20.3. The molecule has 12 heteroatoms. The van der Waals surface area contributed by atoms with Gasteiger partial charge in [0.2, 0.25) is 0 Å². The molecule has 0 fully saturated rings. The number of hydrogen-bond donors (Lipinski definition) is 6. The van der Waals surface area contributed by atoms with Gasteiger partial charge in [0.1, 0.15) is 0 Å². The lowest BCUT2D eigenvalue weighted by Crippen LogP contribution is -2.23. The molecule has 10 nitrogen and oxygen atoms in total. The molecule has 0 amide bonds. The molecule has 0 rings (SSSR count). The number of nitrogens with two attached hydrogens (primary N) is 2. The van der Waals surface area contributed by atoms with Crippen LogP contribution in [0.3, 0.4) is 0 Å². The van der Waals surface area contributed by atoms with Gasteiger partial charge in [-0.05, 0) is 55.8 Å². The molecule has 0 spiro atoms. The summed E-state index contributed by atoms with van der Waals surface area (Å²) in [7, 11) is -8.00. The Labute approximate surface area is 174 Å². The van der Waals surface area contributed by atoms with E-state index in [9.17, 15) is 19.3 Å². The quantitative estimate of drug-likeness (QED) is 0.186. The summed E-state index contributed by atoms with van der Waals surface area (Å²) in [6, 6.07) is 0. The van der Waals surface area contributed by atoms with Crippen LogP contribution in [0, 0.1) is 10.8 Å². The van der Waals surface area contributed by atoms with Crippen LogP contribution in [-0.4, -0.2) is 45.4 Å². The van der Waals surface area contributed by atoms with Crippen molar-refractivity contribution in [3.8, 4) is 0 Å². The summed E-state index contributed by atoms with van der Waals surface area (Å²) in [6.07, 6.45) is 2.88. The Bertz CT molecular complexity index is 514. The molecule has 0 aromatic heterocycles. The van der Waals surface area contributed by atoms with Crippen LogP contribution in [0.25, 0.3) is 0 Å². The molecule has 0 saturated heterocycles. The molecule has 0 saturated carbocycles.